The molecule has 2 aliphatic heterocycles. The summed E-state index contributed by atoms with van der Waals surface area (Å²) in [6, 6.07) is 14.1. The molecule has 0 fully saturated rings. The second-order valence-corrected chi connectivity index (χ2v) is 11.7. The molecule has 8 heteroatoms. The normalized spacial score (nSPS) is 14.1. The van der Waals surface area contributed by atoms with Crippen LogP contribution in [0.2, 0.25) is 0 Å². The molecule has 0 aliphatic carbocycles. The predicted molar refractivity (Wildman–Crippen MR) is 166 cm³/mol. The number of halogens is 1. The van der Waals surface area contributed by atoms with E-state index in [1.165, 1.54) is 17.3 Å². The predicted octanol–water partition coefficient (Wildman–Crippen LogP) is 6.67. The van der Waals surface area contributed by atoms with Crippen LogP contribution >= 0.6 is 0 Å². The molecule has 0 saturated carbocycles. The molecule has 2 aliphatic rings. The molecule has 0 saturated heterocycles. The minimum absolute atomic E-state index is 0.212. The van der Waals surface area contributed by atoms with Crippen molar-refractivity contribution in [2.75, 3.05) is 25.1 Å². The van der Waals surface area contributed by atoms with Gasteiger partial charge in [0, 0.05) is 60.3 Å². The molecule has 3 aromatic heterocycles. The number of aliphatic carboxylic acids is 1. The Hall–Kier alpha value is -4.72. The molecule has 5 aromatic rings. The molecule has 1 N–H and O–H groups in total. The summed E-state index contributed by atoms with van der Waals surface area (Å²) in [4.78, 5) is 23.9. The van der Waals surface area contributed by atoms with Gasteiger partial charge in [0.05, 0.1) is 24.4 Å². The third kappa shape index (κ3) is 4.44. The van der Waals surface area contributed by atoms with E-state index in [1.807, 2.05) is 43.8 Å². The molecule has 0 amide bonds. The topological polar surface area (TPSA) is 80.5 Å². The van der Waals surface area contributed by atoms with E-state index < -0.39 is 11.8 Å². The first-order chi connectivity index (χ1) is 20.7. The maximum atomic E-state index is 15.5. The number of aromatic nitrogens is 3. The van der Waals surface area contributed by atoms with Crippen LogP contribution in [0.25, 0.3) is 44.7 Å². The van der Waals surface area contributed by atoms with Crippen LogP contribution < -0.4 is 9.64 Å². The number of carboxylic acid groups (broad SMARTS) is 1. The lowest BCUT2D eigenvalue weighted by molar-refractivity contribution is -0.136. The smallest absolute Gasteiger partial charge is 0.307 e. The van der Waals surface area contributed by atoms with E-state index in [-0.39, 0.29) is 6.42 Å². The van der Waals surface area contributed by atoms with Crippen molar-refractivity contribution in [2.24, 2.45) is 7.05 Å². The lowest BCUT2D eigenvalue weighted by Crippen LogP contribution is -2.13. The molecule has 0 radical (unpaired) electrons. The molecule has 5 heterocycles. The Bertz CT molecular complexity index is 1960. The Kier molecular flexibility index (Phi) is 6.45. The zero-order valence-corrected chi connectivity index (χ0v) is 24.8. The number of hydrogen-bond donors (Lipinski definition) is 1. The minimum atomic E-state index is -0.958. The number of carbonyl (C=O) groups is 1. The number of likely N-dealkylation sites (N-methyl/N-ethyl adjacent to an activating group) is 1. The Labute approximate surface area is 249 Å². The Morgan fingerprint density at radius 1 is 1.07 bits per heavy atom. The number of anilines is 1. The number of benzene rings is 2. The summed E-state index contributed by atoms with van der Waals surface area (Å²) in [5, 5.41) is 10.7. The van der Waals surface area contributed by atoms with Gasteiger partial charge in [-0.15, -0.1) is 0 Å². The van der Waals surface area contributed by atoms with Gasteiger partial charge in [-0.05, 0) is 97.3 Å². The van der Waals surface area contributed by atoms with E-state index in [9.17, 15) is 9.90 Å². The highest BCUT2D eigenvalue weighted by Gasteiger charge is 2.26. The molecule has 218 valence electrons. The standard InChI is InChI=1S/C35H33FN4O3/c1-19-24-6-5-13-43-34(24)28(36)16-25(19)33-26(18-32(41)42)20(2)38-35-27(33)17-31(40(35)4)22-9-11-37-29(15-22)21-7-8-30-23(14-21)10-12-39(30)3/h7-9,11,14-17H,5-6,10,12-13,18H2,1-4H3,(H,41,42). The number of nitrogens with zero attached hydrogens (tertiary/aromatic N) is 4. The lowest BCUT2D eigenvalue weighted by Gasteiger charge is -2.23. The fraction of sp³-hybridized carbons (Fsp3) is 0.286. The van der Waals surface area contributed by atoms with Crippen LogP contribution in [0.5, 0.6) is 5.75 Å². The van der Waals surface area contributed by atoms with Gasteiger partial charge < -0.3 is 19.3 Å². The van der Waals surface area contributed by atoms with E-state index in [1.54, 1.807) is 0 Å². The monoisotopic (exact) mass is 576 g/mol. The number of carboxylic acids is 1. The van der Waals surface area contributed by atoms with Crippen molar-refractivity contribution in [1.29, 1.82) is 0 Å². The maximum Gasteiger partial charge on any atom is 0.307 e. The first-order valence-corrected chi connectivity index (χ1v) is 14.7. The van der Waals surface area contributed by atoms with Crippen molar-refractivity contribution < 1.29 is 19.0 Å². The average molecular weight is 577 g/mol. The van der Waals surface area contributed by atoms with Crippen molar-refractivity contribution >= 4 is 22.7 Å². The van der Waals surface area contributed by atoms with E-state index in [2.05, 4.69) is 36.2 Å². The highest BCUT2D eigenvalue weighted by atomic mass is 19.1. The van der Waals surface area contributed by atoms with E-state index >= 15 is 4.39 Å². The second-order valence-electron chi connectivity index (χ2n) is 11.7. The lowest BCUT2D eigenvalue weighted by atomic mass is 9.87. The maximum absolute atomic E-state index is 15.5. The van der Waals surface area contributed by atoms with Crippen LogP contribution in [-0.4, -0.2) is 45.8 Å². The molecule has 0 unspecified atom stereocenters. The van der Waals surface area contributed by atoms with Gasteiger partial charge in [-0.25, -0.2) is 9.37 Å². The number of fused-ring (bicyclic) bond motifs is 3. The van der Waals surface area contributed by atoms with E-state index in [0.717, 1.165) is 58.4 Å². The summed E-state index contributed by atoms with van der Waals surface area (Å²) in [6.07, 6.45) is 4.15. The van der Waals surface area contributed by atoms with Crippen molar-refractivity contribution in [3.05, 3.63) is 82.4 Å². The SMILES string of the molecule is Cc1nc2c(cc(-c3ccnc(-c4ccc5c(c4)CCN5C)c3)n2C)c(-c2cc(F)c3c(c2C)CCCO3)c1CC(=O)O. The third-order valence-corrected chi connectivity index (χ3v) is 9.07. The summed E-state index contributed by atoms with van der Waals surface area (Å²) < 4.78 is 23.2. The number of rotatable bonds is 5. The van der Waals surface area contributed by atoms with Crippen LogP contribution in [0.3, 0.4) is 0 Å². The minimum Gasteiger partial charge on any atom is -0.490 e. The first-order valence-electron chi connectivity index (χ1n) is 14.7. The van der Waals surface area contributed by atoms with Crippen LogP contribution in [0.1, 0.15) is 34.4 Å². The third-order valence-electron chi connectivity index (χ3n) is 9.07. The molecule has 2 aromatic carbocycles. The number of hydrogen-bond acceptors (Lipinski definition) is 5. The van der Waals surface area contributed by atoms with Gasteiger partial charge in [-0.2, -0.15) is 0 Å². The molecule has 43 heavy (non-hydrogen) atoms. The number of ether oxygens (including phenoxy) is 1. The van der Waals surface area contributed by atoms with Gasteiger partial charge in [0.1, 0.15) is 5.65 Å². The van der Waals surface area contributed by atoms with Crippen molar-refractivity contribution in [3.63, 3.8) is 0 Å². The molecule has 0 spiro atoms. The Morgan fingerprint density at radius 3 is 2.72 bits per heavy atom. The quantitative estimate of drug-likeness (QED) is 0.252. The molecule has 0 atom stereocenters. The molecular formula is C35H33FN4O3. The molecule has 7 nitrogen and oxygen atoms in total. The van der Waals surface area contributed by atoms with Gasteiger partial charge >= 0.3 is 5.97 Å². The summed E-state index contributed by atoms with van der Waals surface area (Å²) >= 11 is 0. The first kappa shape index (κ1) is 27.1. The summed E-state index contributed by atoms with van der Waals surface area (Å²) in [6.45, 7) is 5.31. The van der Waals surface area contributed by atoms with Crippen LogP contribution in [-0.2, 0) is 31.1 Å². The zero-order chi connectivity index (χ0) is 30.0. The van der Waals surface area contributed by atoms with Crippen molar-refractivity contribution in [2.45, 2.75) is 39.5 Å². The van der Waals surface area contributed by atoms with Crippen LogP contribution in [0.4, 0.5) is 10.1 Å². The van der Waals surface area contributed by atoms with Crippen molar-refractivity contribution in [3.8, 4) is 39.4 Å². The number of pyridine rings is 2. The largest absolute Gasteiger partial charge is 0.490 e. The van der Waals surface area contributed by atoms with E-state index in [4.69, 9.17) is 14.7 Å². The average Bonchev–Trinajstić information content (AvgIpc) is 3.54. The van der Waals surface area contributed by atoms with Crippen LogP contribution in [0, 0.1) is 19.7 Å². The summed E-state index contributed by atoms with van der Waals surface area (Å²) in [7, 11) is 4.08. The number of aryl methyl sites for hydroxylation is 2. The fourth-order valence-corrected chi connectivity index (χ4v) is 6.83. The highest BCUT2D eigenvalue weighted by molar-refractivity contribution is 6.01. The van der Waals surface area contributed by atoms with Gasteiger partial charge in [-0.3, -0.25) is 9.78 Å². The zero-order valence-electron chi connectivity index (χ0n) is 24.8. The van der Waals surface area contributed by atoms with E-state index in [0.29, 0.717) is 46.8 Å². The van der Waals surface area contributed by atoms with Gasteiger partial charge in [0.2, 0.25) is 0 Å². The fourth-order valence-electron chi connectivity index (χ4n) is 6.83. The second kappa shape index (κ2) is 10.2. The summed E-state index contributed by atoms with van der Waals surface area (Å²) in [5.74, 6) is -1.07. The Balaban J connectivity index is 1.43. The van der Waals surface area contributed by atoms with Gasteiger partial charge in [0.15, 0.2) is 11.6 Å². The van der Waals surface area contributed by atoms with Gasteiger partial charge in [-0.1, -0.05) is 6.07 Å². The molecular weight excluding hydrogens is 543 g/mol. The van der Waals surface area contributed by atoms with Crippen molar-refractivity contribution in [1.82, 2.24) is 14.5 Å². The Morgan fingerprint density at radius 2 is 1.91 bits per heavy atom. The van der Waals surface area contributed by atoms with Gasteiger partial charge in [0.25, 0.3) is 0 Å². The highest BCUT2D eigenvalue weighted by Crippen LogP contribution is 2.43. The molecule has 7 rings (SSSR count). The molecule has 0 bridgehead atoms. The summed E-state index contributed by atoms with van der Waals surface area (Å²) in [5.41, 5.74) is 11.5. The van der Waals surface area contributed by atoms with Crippen LogP contribution in [0.15, 0.2) is 48.7 Å².